The van der Waals surface area contributed by atoms with Gasteiger partial charge in [0, 0.05) is 29.3 Å². The molecule has 0 aromatic heterocycles. The SMILES string of the molecule is O=C(O)c1ccc(N2CCC(N3CCCCC3)C2)cc1Br. The Morgan fingerprint density at radius 1 is 1.19 bits per heavy atom. The normalized spacial score (nSPS) is 23.5. The summed E-state index contributed by atoms with van der Waals surface area (Å²) in [6.07, 6.45) is 5.24. The molecule has 1 atom stereocenters. The quantitative estimate of drug-likeness (QED) is 0.906. The zero-order chi connectivity index (χ0) is 14.8. The second-order valence-electron chi connectivity index (χ2n) is 5.95. The number of rotatable bonds is 3. The highest BCUT2D eigenvalue weighted by Crippen LogP contribution is 2.28. The Morgan fingerprint density at radius 3 is 2.62 bits per heavy atom. The number of halogens is 1. The fraction of sp³-hybridized carbons (Fsp3) is 0.562. The molecule has 0 amide bonds. The number of carboxylic acid groups (broad SMARTS) is 1. The molecule has 2 aliphatic heterocycles. The Kier molecular flexibility index (Phi) is 4.50. The van der Waals surface area contributed by atoms with E-state index >= 15 is 0 Å². The van der Waals surface area contributed by atoms with E-state index in [1.54, 1.807) is 6.07 Å². The smallest absolute Gasteiger partial charge is 0.336 e. The number of anilines is 1. The Balaban J connectivity index is 1.68. The summed E-state index contributed by atoms with van der Waals surface area (Å²) in [6, 6.07) is 6.20. The molecule has 1 aromatic rings. The van der Waals surface area contributed by atoms with Crippen LogP contribution in [0.5, 0.6) is 0 Å². The first kappa shape index (κ1) is 14.9. The van der Waals surface area contributed by atoms with Crippen molar-refractivity contribution >= 4 is 27.6 Å². The highest BCUT2D eigenvalue weighted by molar-refractivity contribution is 9.10. The van der Waals surface area contributed by atoms with Gasteiger partial charge in [-0.2, -0.15) is 0 Å². The average molecular weight is 353 g/mol. The topological polar surface area (TPSA) is 43.8 Å². The van der Waals surface area contributed by atoms with E-state index in [4.69, 9.17) is 5.11 Å². The molecule has 0 bridgehead atoms. The molecule has 4 nitrogen and oxygen atoms in total. The van der Waals surface area contributed by atoms with E-state index < -0.39 is 5.97 Å². The van der Waals surface area contributed by atoms with Crippen LogP contribution < -0.4 is 4.90 Å². The Bertz CT molecular complexity index is 529. The number of hydrogen-bond acceptors (Lipinski definition) is 3. The first-order chi connectivity index (χ1) is 10.1. The lowest BCUT2D eigenvalue weighted by Gasteiger charge is -2.32. The minimum Gasteiger partial charge on any atom is -0.478 e. The third kappa shape index (κ3) is 3.24. The molecule has 2 saturated heterocycles. The van der Waals surface area contributed by atoms with Crippen LogP contribution >= 0.6 is 15.9 Å². The van der Waals surface area contributed by atoms with Gasteiger partial charge in [0.25, 0.3) is 0 Å². The molecule has 1 aromatic carbocycles. The monoisotopic (exact) mass is 352 g/mol. The fourth-order valence-corrected chi connectivity index (χ4v) is 3.97. The molecule has 0 aliphatic carbocycles. The summed E-state index contributed by atoms with van der Waals surface area (Å²) in [5, 5.41) is 9.08. The molecule has 5 heteroatoms. The zero-order valence-electron chi connectivity index (χ0n) is 12.1. The maximum Gasteiger partial charge on any atom is 0.336 e. The predicted molar refractivity (Wildman–Crippen MR) is 87.1 cm³/mol. The largest absolute Gasteiger partial charge is 0.478 e. The zero-order valence-corrected chi connectivity index (χ0v) is 13.7. The van der Waals surface area contributed by atoms with Crippen molar-refractivity contribution in [2.24, 2.45) is 0 Å². The van der Waals surface area contributed by atoms with Crippen LogP contribution in [0.25, 0.3) is 0 Å². The number of hydrogen-bond donors (Lipinski definition) is 1. The number of likely N-dealkylation sites (tertiary alicyclic amines) is 1. The van der Waals surface area contributed by atoms with Crippen LogP contribution in [-0.4, -0.2) is 48.2 Å². The fourth-order valence-electron chi connectivity index (χ4n) is 3.43. The van der Waals surface area contributed by atoms with Crippen LogP contribution in [0.3, 0.4) is 0 Å². The van der Waals surface area contributed by atoms with Gasteiger partial charge in [-0.15, -0.1) is 0 Å². The van der Waals surface area contributed by atoms with E-state index in [2.05, 4.69) is 25.7 Å². The number of carboxylic acids is 1. The average Bonchev–Trinajstić information content (AvgIpc) is 2.97. The molecule has 21 heavy (non-hydrogen) atoms. The Hall–Kier alpha value is -1.07. The van der Waals surface area contributed by atoms with Gasteiger partial charge in [0.05, 0.1) is 5.56 Å². The van der Waals surface area contributed by atoms with Crippen LogP contribution in [0.1, 0.15) is 36.0 Å². The molecular formula is C16H21BrN2O2. The number of nitrogens with zero attached hydrogens (tertiary/aromatic N) is 2. The van der Waals surface area contributed by atoms with Crippen molar-refractivity contribution in [2.45, 2.75) is 31.7 Å². The summed E-state index contributed by atoms with van der Waals surface area (Å²) in [7, 11) is 0. The van der Waals surface area contributed by atoms with Gasteiger partial charge in [0.2, 0.25) is 0 Å². The van der Waals surface area contributed by atoms with Gasteiger partial charge in [-0.1, -0.05) is 6.42 Å². The van der Waals surface area contributed by atoms with Crippen LogP contribution in [-0.2, 0) is 0 Å². The van der Waals surface area contributed by atoms with E-state index in [0.29, 0.717) is 16.1 Å². The van der Waals surface area contributed by atoms with Crippen LogP contribution in [0.2, 0.25) is 0 Å². The van der Waals surface area contributed by atoms with E-state index in [-0.39, 0.29) is 0 Å². The molecule has 0 radical (unpaired) electrons. The summed E-state index contributed by atoms with van der Waals surface area (Å²) in [5.41, 5.74) is 1.44. The third-order valence-corrected chi connectivity index (χ3v) is 5.27. The lowest BCUT2D eigenvalue weighted by atomic mass is 10.1. The van der Waals surface area contributed by atoms with Gasteiger partial charge in [0.1, 0.15) is 0 Å². The van der Waals surface area contributed by atoms with Crippen LogP contribution in [0, 0.1) is 0 Å². The van der Waals surface area contributed by atoms with Crippen molar-refractivity contribution in [3.8, 4) is 0 Å². The minimum atomic E-state index is -0.888. The maximum atomic E-state index is 11.1. The van der Waals surface area contributed by atoms with Crippen molar-refractivity contribution in [1.82, 2.24) is 4.90 Å². The summed E-state index contributed by atoms with van der Waals surface area (Å²) in [4.78, 5) is 16.1. The summed E-state index contributed by atoms with van der Waals surface area (Å²) < 4.78 is 0.661. The van der Waals surface area contributed by atoms with Gasteiger partial charge < -0.3 is 10.0 Å². The Labute approximate surface area is 133 Å². The third-order valence-electron chi connectivity index (χ3n) is 4.62. The molecule has 114 valence electrons. The second kappa shape index (κ2) is 6.36. The minimum absolute atomic E-state index is 0.325. The van der Waals surface area contributed by atoms with E-state index in [9.17, 15) is 4.79 Å². The van der Waals surface area contributed by atoms with Gasteiger partial charge in [-0.25, -0.2) is 4.79 Å². The standard InChI is InChI=1S/C16H21BrN2O2/c17-15-10-12(4-5-14(15)16(20)21)19-9-6-13(11-19)18-7-2-1-3-8-18/h4-5,10,13H,1-3,6-9,11H2,(H,20,21). The van der Waals surface area contributed by atoms with Gasteiger partial charge in [-0.05, 0) is 66.5 Å². The molecule has 2 fully saturated rings. The van der Waals surface area contributed by atoms with Gasteiger partial charge >= 0.3 is 5.97 Å². The summed E-state index contributed by atoms with van der Waals surface area (Å²) >= 11 is 3.37. The number of benzene rings is 1. The second-order valence-corrected chi connectivity index (χ2v) is 6.81. The van der Waals surface area contributed by atoms with E-state index in [1.165, 1.54) is 38.8 Å². The van der Waals surface area contributed by atoms with Crippen molar-refractivity contribution in [1.29, 1.82) is 0 Å². The first-order valence-corrected chi connectivity index (χ1v) is 8.46. The van der Waals surface area contributed by atoms with E-state index in [0.717, 1.165) is 18.8 Å². The van der Waals surface area contributed by atoms with E-state index in [1.807, 2.05) is 12.1 Å². The molecule has 2 heterocycles. The lowest BCUT2D eigenvalue weighted by molar-refractivity contribution is 0.0696. The summed E-state index contributed by atoms with van der Waals surface area (Å²) in [5.74, 6) is -0.888. The van der Waals surface area contributed by atoms with Gasteiger partial charge in [0.15, 0.2) is 0 Å². The maximum absolute atomic E-state index is 11.1. The lowest BCUT2D eigenvalue weighted by Crippen LogP contribution is -2.40. The highest BCUT2D eigenvalue weighted by Gasteiger charge is 2.28. The number of carbonyl (C=O) groups is 1. The van der Waals surface area contributed by atoms with Crippen molar-refractivity contribution < 1.29 is 9.90 Å². The Morgan fingerprint density at radius 2 is 1.95 bits per heavy atom. The summed E-state index contributed by atoms with van der Waals surface area (Å²) in [6.45, 7) is 4.58. The molecule has 2 aliphatic rings. The number of aromatic carboxylic acids is 1. The van der Waals surface area contributed by atoms with Crippen LogP contribution in [0.4, 0.5) is 5.69 Å². The van der Waals surface area contributed by atoms with Gasteiger partial charge in [-0.3, -0.25) is 4.90 Å². The molecule has 1 unspecified atom stereocenters. The highest BCUT2D eigenvalue weighted by atomic mass is 79.9. The van der Waals surface area contributed by atoms with Crippen molar-refractivity contribution in [3.63, 3.8) is 0 Å². The predicted octanol–water partition coefficient (Wildman–Crippen LogP) is 3.21. The molecular weight excluding hydrogens is 332 g/mol. The first-order valence-electron chi connectivity index (χ1n) is 7.67. The molecule has 0 spiro atoms. The van der Waals surface area contributed by atoms with Crippen molar-refractivity contribution in [2.75, 3.05) is 31.1 Å². The molecule has 1 N–H and O–H groups in total. The molecule has 0 saturated carbocycles. The van der Waals surface area contributed by atoms with Crippen LogP contribution in [0.15, 0.2) is 22.7 Å². The number of piperidine rings is 1. The van der Waals surface area contributed by atoms with Crippen molar-refractivity contribution in [3.05, 3.63) is 28.2 Å². The molecule has 3 rings (SSSR count).